The van der Waals surface area contributed by atoms with Crippen LogP contribution in [0.2, 0.25) is 0 Å². The van der Waals surface area contributed by atoms with Gasteiger partial charge < -0.3 is 11.5 Å². The zero-order valence-corrected chi connectivity index (χ0v) is 21.8. The Morgan fingerprint density at radius 3 is 1.32 bits per heavy atom. The van der Waals surface area contributed by atoms with Gasteiger partial charge in [0.2, 0.25) is 0 Å². The molecule has 0 radical (unpaired) electrons. The molecule has 4 aromatic heterocycles. The molecule has 4 heterocycles. The zero-order chi connectivity index (χ0) is 28.2. The van der Waals surface area contributed by atoms with Crippen molar-refractivity contribution in [2.24, 2.45) is 11.5 Å². The molecule has 200 valence electrons. The van der Waals surface area contributed by atoms with Crippen LogP contribution in [0.3, 0.4) is 0 Å². The van der Waals surface area contributed by atoms with Crippen molar-refractivity contribution in [1.82, 2.24) is 29.9 Å². The maximum Gasteiger partial charge on any atom is 0.125 e. The van der Waals surface area contributed by atoms with Crippen LogP contribution in [0.25, 0.3) is 44.8 Å². The fourth-order valence-corrected chi connectivity index (χ4v) is 4.10. The molecular weight excluding hydrogens is 510 g/mol. The molecule has 0 unspecified atom stereocenters. The molecule has 0 saturated heterocycles. The number of hydrogen-bond donors (Lipinski definition) is 2. The Kier molecular flexibility index (Phi) is 7.72. The molecule has 2 atom stereocenters. The Labute approximate surface area is 229 Å². The molecule has 0 fully saturated rings. The largest absolute Gasteiger partial charge is 0.323 e. The van der Waals surface area contributed by atoms with E-state index in [0.717, 1.165) is 0 Å². The van der Waals surface area contributed by atoms with Gasteiger partial charge in [-0.2, -0.15) is 0 Å². The minimum Gasteiger partial charge on any atom is -0.323 e. The quantitative estimate of drug-likeness (QED) is 0.293. The zero-order valence-electron chi connectivity index (χ0n) is 21.8. The molecule has 2 aromatic carbocycles. The first-order valence-corrected chi connectivity index (χ1v) is 12.6. The molecule has 40 heavy (non-hydrogen) atoms. The smallest absolute Gasteiger partial charge is 0.125 e. The average Bonchev–Trinajstić information content (AvgIpc) is 2.97. The van der Waals surface area contributed by atoms with Crippen molar-refractivity contribution in [3.05, 3.63) is 108 Å². The third-order valence-corrected chi connectivity index (χ3v) is 5.98. The number of aromatic nitrogens is 6. The highest BCUT2D eigenvalue weighted by atomic mass is 19.1. The van der Waals surface area contributed by atoms with Crippen LogP contribution in [-0.2, 0) is 0 Å². The predicted octanol–water partition coefficient (Wildman–Crippen LogP) is 5.70. The molecule has 0 spiro atoms. The second-order valence-corrected chi connectivity index (χ2v) is 9.19. The summed E-state index contributed by atoms with van der Waals surface area (Å²) in [4.78, 5) is 26.5. The van der Waals surface area contributed by atoms with Gasteiger partial charge in [0.15, 0.2) is 0 Å². The van der Waals surface area contributed by atoms with Crippen LogP contribution in [0.1, 0.15) is 37.3 Å². The average molecular weight is 537 g/mol. The van der Waals surface area contributed by atoms with Crippen molar-refractivity contribution in [2.75, 3.05) is 0 Å². The van der Waals surface area contributed by atoms with Crippen molar-refractivity contribution in [3.63, 3.8) is 0 Å². The highest BCUT2D eigenvalue weighted by Gasteiger charge is 2.16. The van der Waals surface area contributed by atoms with E-state index in [0.29, 0.717) is 56.2 Å². The van der Waals surface area contributed by atoms with Crippen molar-refractivity contribution in [1.29, 1.82) is 0 Å². The highest BCUT2D eigenvalue weighted by molar-refractivity contribution is 5.79. The normalized spacial score (nSPS) is 12.6. The number of nitrogens with two attached hydrogens (primary N) is 2. The van der Waals surface area contributed by atoms with E-state index >= 15 is 0 Å². The first kappa shape index (κ1) is 26.8. The lowest BCUT2D eigenvalue weighted by Gasteiger charge is -2.12. The van der Waals surface area contributed by atoms with Gasteiger partial charge in [0.25, 0.3) is 0 Å². The summed E-state index contributed by atoms with van der Waals surface area (Å²) >= 11 is 0. The van der Waals surface area contributed by atoms with Crippen LogP contribution in [0.15, 0.2) is 85.2 Å². The summed E-state index contributed by atoms with van der Waals surface area (Å²) in [5.41, 5.74) is 18.0. The van der Waals surface area contributed by atoms with E-state index in [4.69, 9.17) is 11.5 Å². The third-order valence-electron chi connectivity index (χ3n) is 5.98. The van der Waals surface area contributed by atoms with Crippen LogP contribution in [-0.4, -0.2) is 29.9 Å². The first-order chi connectivity index (χ1) is 19.3. The molecule has 0 saturated carbocycles. The van der Waals surface area contributed by atoms with Crippen LogP contribution >= 0.6 is 0 Å². The van der Waals surface area contributed by atoms with Gasteiger partial charge in [-0.15, -0.1) is 0 Å². The molecular formula is C30H26F2N8. The Bertz CT molecular complexity index is 1650. The van der Waals surface area contributed by atoms with Crippen molar-refractivity contribution < 1.29 is 8.78 Å². The topological polar surface area (TPSA) is 129 Å². The number of nitrogens with zero attached hydrogens (tertiary/aromatic N) is 6. The Hall–Kier alpha value is -4.80. The van der Waals surface area contributed by atoms with Crippen LogP contribution in [0.5, 0.6) is 0 Å². The molecule has 6 rings (SSSR count). The van der Waals surface area contributed by atoms with Crippen LogP contribution < -0.4 is 11.5 Å². The summed E-state index contributed by atoms with van der Waals surface area (Å²) in [7, 11) is 0. The Balaban J connectivity index is 0.000000161. The Morgan fingerprint density at radius 2 is 0.975 bits per heavy atom. The van der Waals surface area contributed by atoms with E-state index in [2.05, 4.69) is 29.9 Å². The molecule has 0 aliphatic carbocycles. The molecule has 0 amide bonds. The molecule has 0 aliphatic rings. The lowest BCUT2D eigenvalue weighted by atomic mass is 10.1. The number of pyridine rings is 2. The molecule has 0 bridgehead atoms. The molecule has 4 N–H and O–H groups in total. The fourth-order valence-electron chi connectivity index (χ4n) is 4.10. The van der Waals surface area contributed by atoms with Gasteiger partial charge in [-0.05, 0) is 62.4 Å². The van der Waals surface area contributed by atoms with E-state index in [9.17, 15) is 8.78 Å². The van der Waals surface area contributed by atoms with Crippen molar-refractivity contribution >= 4 is 22.1 Å². The second-order valence-electron chi connectivity index (χ2n) is 9.19. The monoisotopic (exact) mass is 536 g/mol. The summed E-state index contributed by atoms with van der Waals surface area (Å²) in [5, 5.41) is 0. The van der Waals surface area contributed by atoms with Gasteiger partial charge in [-0.25, -0.2) is 28.7 Å². The maximum absolute atomic E-state index is 13.3. The molecule has 8 nitrogen and oxygen atoms in total. The number of rotatable bonds is 4. The van der Waals surface area contributed by atoms with E-state index < -0.39 is 0 Å². The summed E-state index contributed by atoms with van der Waals surface area (Å²) in [6, 6.07) is 19.1. The van der Waals surface area contributed by atoms with Gasteiger partial charge in [0, 0.05) is 36.6 Å². The number of hydrogen-bond acceptors (Lipinski definition) is 8. The lowest BCUT2D eigenvalue weighted by molar-refractivity contribution is 0.628. The summed E-state index contributed by atoms with van der Waals surface area (Å²) in [5.74, 6) is -0.681. The minimum atomic E-state index is -0.340. The van der Waals surface area contributed by atoms with E-state index in [1.165, 1.54) is 24.3 Å². The molecule has 0 aliphatic heterocycles. The SMILES string of the molecule is C[C@@H](N)c1nc2ccc(F)cc2nc1-c1ccccn1.C[C@H](N)c1nc2ccc(F)cc2nc1-c1ccccn1. The second kappa shape index (κ2) is 11.5. The minimum absolute atomic E-state index is 0.283. The van der Waals surface area contributed by atoms with Crippen molar-refractivity contribution in [3.8, 4) is 22.8 Å². The molecule has 10 heteroatoms. The van der Waals surface area contributed by atoms with Gasteiger partial charge in [-0.3, -0.25) is 9.97 Å². The summed E-state index contributed by atoms with van der Waals surface area (Å²) < 4.78 is 26.6. The molecule has 6 aromatic rings. The number of benzene rings is 2. The summed E-state index contributed by atoms with van der Waals surface area (Å²) in [6.07, 6.45) is 3.36. The number of fused-ring (bicyclic) bond motifs is 2. The van der Waals surface area contributed by atoms with E-state index in [-0.39, 0.29) is 23.7 Å². The van der Waals surface area contributed by atoms with Crippen LogP contribution in [0, 0.1) is 11.6 Å². The highest BCUT2D eigenvalue weighted by Crippen LogP contribution is 2.26. The lowest BCUT2D eigenvalue weighted by Crippen LogP contribution is -2.11. The third kappa shape index (κ3) is 5.78. The van der Waals surface area contributed by atoms with Crippen LogP contribution in [0.4, 0.5) is 8.78 Å². The number of halogens is 2. The maximum atomic E-state index is 13.3. The van der Waals surface area contributed by atoms with Gasteiger partial charge in [-0.1, -0.05) is 12.1 Å². The summed E-state index contributed by atoms with van der Waals surface area (Å²) in [6.45, 7) is 3.68. The predicted molar refractivity (Wildman–Crippen MR) is 151 cm³/mol. The van der Waals surface area contributed by atoms with E-state index in [1.54, 1.807) is 24.5 Å². The fraction of sp³-hybridized carbons (Fsp3) is 0.133. The van der Waals surface area contributed by atoms with Crippen molar-refractivity contribution in [2.45, 2.75) is 25.9 Å². The van der Waals surface area contributed by atoms with Gasteiger partial charge in [0.05, 0.1) is 44.8 Å². The standard InChI is InChI=1S/2C15H13FN4/c2*1-9(17)14-15(12-4-2-3-7-18-12)20-13-8-10(16)5-6-11(13)19-14/h2*2-9H,17H2,1H3/t2*9-/m10/s1. The van der Waals surface area contributed by atoms with E-state index in [1.807, 2.05) is 50.2 Å². The van der Waals surface area contributed by atoms with Gasteiger partial charge >= 0.3 is 0 Å². The van der Waals surface area contributed by atoms with Gasteiger partial charge in [0.1, 0.15) is 23.0 Å². The first-order valence-electron chi connectivity index (χ1n) is 12.6. The Morgan fingerprint density at radius 1 is 0.550 bits per heavy atom.